The fourth-order valence-corrected chi connectivity index (χ4v) is 1.21. The second kappa shape index (κ2) is 5.95. The van der Waals surface area contributed by atoms with Gasteiger partial charge in [0.15, 0.2) is 0 Å². The van der Waals surface area contributed by atoms with Crippen LogP contribution in [0.1, 0.15) is 16.8 Å². The minimum absolute atomic E-state index is 0.285. The Bertz CT molecular complexity index is 355. The van der Waals surface area contributed by atoms with E-state index in [-0.39, 0.29) is 5.97 Å². The summed E-state index contributed by atoms with van der Waals surface area (Å²) in [7, 11) is 3.91. The van der Waals surface area contributed by atoms with E-state index in [1.807, 2.05) is 31.1 Å². The van der Waals surface area contributed by atoms with Gasteiger partial charge in [-0.05, 0) is 30.7 Å². The van der Waals surface area contributed by atoms with Crippen molar-refractivity contribution in [3.8, 4) is 0 Å². The average molecular weight is 219 g/mol. The molecule has 16 heavy (non-hydrogen) atoms. The van der Waals surface area contributed by atoms with Crippen molar-refractivity contribution in [1.82, 2.24) is 0 Å². The van der Waals surface area contributed by atoms with Gasteiger partial charge in [0.1, 0.15) is 0 Å². The predicted molar refractivity (Wildman–Crippen MR) is 65.9 cm³/mol. The maximum atomic E-state index is 11.5. The molecular weight excluding hydrogens is 202 g/mol. The van der Waals surface area contributed by atoms with Gasteiger partial charge in [-0.2, -0.15) is 0 Å². The van der Waals surface area contributed by atoms with Gasteiger partial charge in [-0.1, -0.05) is 6.08 Å². The fourth-order valence-electron chi connectivity index (χ4n) is 1.21. The summed E-state index contributed by atoms with van der Waals surface area (Å²) in [6.07, 6.45) is 2.41. The van der Waals surface area contributed by atoms with Crippen molar-refractivity contribution in [1.29, 1.82) is 0 Å². The highest BCUT2D eigenvalue weighted by Gasteiger charge is 2.06. The van der Waals surface area contributed by atoms with Crippen LogP contribution in [-0.4, -0.2) is 26.7 Å². The van der Waals surface area contributed by atoms with Crippen LogP contribution < -0.4 is 4.90 Å². The molecule has 0 aliphatic heterocycles. The van der Waals surface area contributed by atoms with Crippen LogP contribution in [0, 0.1) is 0 Å². The molecule has 0 N–H and O–H groups in total. The fraction of sp³-hybridized carbons (Fsp3) is 0.308. The summed E-state index contributed by atoms with van der Waals surface area (Å²) in [5.41, 5.74) is 1.64. The van der Waals surface area contributed by atoms with Crippen LogP contribution in [0.4, 0.5) is 5.69 Å². The van der Waals surface area contributed by atoms with Crippen molar-refractivity contribution in [2.45, 2.75) is 6.42 Å². The first-order valence-electron chi connectivity index (χ1n) is 5.20. The summed E-state index contributed by atoms with van der Waals surface area (Å²) < 4.78 is 5.05. The third kappa shape index (κ3) is 3.42. The Hall–Kier alpha value is -1.77. The Balaban J connectivity index is 2.59. The zero-order valence-corrected chi connectivity index (χ0v) is 9.77. The summed E-state index contributed by atoms with van der Waals surface area (Å²) in [6, 6.07) is 7.32. The Morgan fingerprint density at radius 1 is 1.38 bits per heavy atom. The van der Waals surface area contributed by atoms with Crippen LogP contribution in [0.5, 0.6) is 0 Å². The number of hydrogen-bond acceptors (Lipinski definition) is 3. The number of benzene rings is 1. The molecule has 3 nitrogen and oxygen atoms in total. The summed E-state index contributed by atoms with van der Waals surface area (Å²) in [5.74, 6) is -0.285. The molecule has 0 aromatic heterocycles. The number of nitrogens with zero attached hydrogens (tertiary/aromatic N) is 1. The molecule has 1 aromatic rings. The van der Waals surface area contributed by atoms with Crippen LogP contribution in [0.25, 0.3) is 0 Å². The van der Waals surface area contributed by atoms with Gasteiger partial charge in [-0.3, -0.25) is 0 Å². The van der Waals surface area contributed by atoms with Crippen LogP contribution >= 0.6 is 0 Å². The Kier molecular flexibility index (Phi) is 4.58. The molecule has 0 radical (unpaired) electrons. The number of hydrogen-bond donors (Lipinski definition) is 0. The first-order chi connectivity index (χ1) is 7.65. The van der Waals surface area contributed by atoms with Gasteiger partial charge in [0.2, 0.25) is 0 Å². The first-order valence-corrected chi connectivity index (χ1v) is 5.20. The Labute approximate surface area is 96.3 Å². The van der Waals surface area contributed by atoms with Crippen LogP contribution in [0.3, 0.4) is 0 Å². The largest absolute Gasteiger partial charge is 0.462 e. The van der Waals surface area contributed by atoms with Crippen LogP contribution in [-0.2, 0) is 4.74 Å². The third-order valence-corrected chi connectivity index (χ3v) is 2.17. The Morgan fingerprint density at radius 3 is 2.50 bits per heavy atom. The lowest BCUT2D eigenvalue weighted by Crippen LogP contribution is -2.10. The molecule has 0 unspecified atom stereocenters. The third-order valence-electron chi connectivity index (χ3n) is 2.17. The van der Waals surface area contributed by atoms with E-state index in [0.717, 1.165) is 5.69 Å². The molecule has 0 bridgehead atoms. The van der Waals surface area contributed by atoms with Crippen LogP contribution in [0.15, 0.2) is 36.9 Å². The normalized spacial score (nSPS) is 9.62. The molecule has 0 aliphatic carbocycles. The molecule has 86 valence electrons. The van der Waals surface area contributed by atoms with Gasteiger partial charge in [0.05, 0.1) is 12.2 Å². The quantitative estimate of drug-likeness (QED) is 0.433. The highest BCUT2D eigenvalue weighted by Crippen LogP contribution is 2.12. The summed E-state index contributed by atoms with van der Waals surface area (Å²) in [4.78, 5) is 13.5. The van der Waals surface area contributed by atoms with E-state index < -0.39 is 0 Å². The molecule has 1 aromatic carbocycles. The van der Waals surface area contributed by atoms with Gasteiger partial charge in [-0.25, -0.2) is 4.79 Å². The second-order valence-corrected chi connectivity index (χ2v) is 3.65. The monoisotopic (exact) mass is 219 g/mol. The van der Waals surface area contributed by atoms with Crippen molar-refractivity contribution in [3.05, 3.63) is 42.5 Å². The van der Waals surface area contributed by atoms with E-state index in [0.29, 0.717) is 18.6 Å². The van der Waals surface area contributed by atoms with E-state index in [1.54, 1.807) is 18.2 Å². The minimum Gasteiger partial charge on any atom is -0.462 e. The lowest BCUT2D eigenvalue weighted by molar-refractivity contribution is 0.0512. The predicted octanol–water partition coefficient (Wildman–Crippen LogP) is 2.49. The molecule has 0 atom stereocenters. The highest BCUT2D eigenvalue weighted by molar-refractivity contribution is 5.89. The van der Waals surface area contributed by atoms with E-state index in [1.165, 1.54) is 0 Å². The van der Waals surface area contributed by atoms with Crippen molar-refractivity contribution in [3.63, 3.8) is 0 Å². The summed E-state index contributed by atoms with van der Waals surface area (Å²) >= 11 is 0. The summed E-state index contributed by atoms with van der Waals surface area (Å²) in [5, 5.41) is 0. The van der Waals surface area contributed by atoms with Crippen molar-refractivity contribution < 1.29 is 9.53 Å². The topological polar surface area (TPSA) is 29.5 Å². The van der Waals surface area contributed by atoms with Crippen LogP contribution in [0.2, 0.25) is 0 Å². The molecule has 3 heteroatoms. The number of carbonyl (C=O) groups excluding carboxylic acids is 1. The van der Waals surface area contributed by atoms with Gasteiger partial charge >= 0.3 is 5.97 Å². The maximum Gasteiger partial charge on any atom is 0.338 e. The number of rotatable bonds is 5. The van der Waals surface area contributed by atoms with Crippen molar-refractivity contribution in [2.75, 3.05) is 25.6 Å². The van der Waals surface area contributed by atoms with Gasteiger partial charge in [-0.15, -0.1) is 6.58 Å². The molecule has 0 heterocycles. The van der Waals surface area contributed by atoms with E-state index in [2.05, 4.69) is 6.58 Å². The molecular formula is C13H17NO2. The average Bonchev–Trinajstić information content (AvgIpc) is 2.29. The maximum absolute atomic E-state index is 11.5. The highest BCUT2D eigenvalue weighted by atomic mass is 16.5. The molecule has 1 rings (SSSR count). The van der Waals surface area contributed by atoms with Gasteiger partial charge in [0, 0.05) is 19.8 Å². The SMILES string of the molecule is C=CCCOC(=O)c1ccc(N(C)C)cc1. The number of anilines is 1. The van der Waals surface area contributed by atoms with E-state index >= 15 is 0 Å². The standard InChI is InChI=1S/C13H17NO2/c1-4-5-10-16-13(15)11-6-8-12(9-7-11)14(2)3/h4,6-9H,1,5,10H2,2-3H3. The zero-order valence-electron chi connectivity index (χ0n) is 9.77. The van der Waals surface area contributed by atoms with E-state index in [4.69, 9.17) is 4.74 Å². The first kappa shape index (κ1) is 12.3. The molecule has 0 fully saturated rings. The second-order valence-electron chi connectivity index (χ2n) is 3.65. The van der Waals surface area contributed by atoms with Gasteiger partial charge < -0.3 is 9.64 Å². The molecule has 0 spiro atoms. The lowest BCUT2D eigenvalue weighted by Gasteiger charge is -2.12. The molecule has 0 saturated heterocycles. The zero-order chi connectivity index (χ0) is 12.0. The Morgan fingerprint density at radius 2 is 2.00 bits per heavy atom. The van der Waals surface area contributed by atoms with E-state index in [9.17, 15) is 4.79 Å². The van der Waals surface area contributed by atoms with Crippen molar-refractivity contribution >= 4 is 11.7 Å². The van der Waals surface area contributed by atoms with Crippen molar-refractivity contribution in [2.24, 2.45) is 0 Å². The van der Waals surface area contributed by atoms with Gasteiger partial charge in [0.25, 0.3) is 0 Å². The number of esters is 1. The number of ether oxygens (including phenoxy) is 1. The number of carbonyl (C=O) groups is 1. The molecule has 0 saturated carbocycles. The molecule has 0 aliphatic rings. The summed E-state index contributed by atoms with van der Waals surface area (Å²) in [6.45, 7) is 3.95. The minimum atomic E-state index is -0.285. The molecule has 0 amide bonds. The smallest absolute Gasteiger partial charge is 0.338 e. The lowest BCUT2D eigenvalue weighted by atomic mass is 10.2.